The number of carbonyl (C=O) groups excluding carboxylic acids is 2. The molecule has 4 heterocycles. The maximum absolute atomic E-state index is 12.8. The Morgan fingerprint density at radius 1 is 1.19 bits per heavy atom. The van der Waals surface area contributed by atoms with Gasteiger partial charge in [-0.25, -0.2) is 15.0 Å². The van der Waals surface area contributed by atoms with E-state index in [4.69, 9.17) is 9.15 Å². The summed E-state index contributed by atoms with van der Waals surface area (Å²) in [7, 11) is 0. The molecule has 0 unspecified atom stereocenters. The summed E-state index contributed by atoms with van der Waals surface area (Å²) in [4.78, 5) is 41.5. The second kappa shape index (κ2) is 14.0. The average Bonchev–Trinajstić information content (AvgIpc) is 3.53. The van der Waals surface area contributed by atoms with Crippen molar-refractivity contribution in [2.24, 2.45) is 5.92 Å². The number of benzene rings is 1. The Labute approximate surface area is 251 Å². The van der Waals surface area contributed by atoms with Gasteiger partial charge in [0.15, 0.2) is 12.2 Å². The zero-order valence-electron chi connectivity index (χ0n) is 25.1. The maximum atomic E-state index is 12.8. The third-order valence-corrected chi connectivity index (χ3v) is 8.09. The van der Waals surface area contributed by atoms with Crippen LogP contribution in [-0.4, -0.2) is 86.5 Å². The number of aliphatic hydroxyl groups excluding tert-OH is 1. The van der Waals surface area contributed by atoms with Crippen molar-refractivity contribution in [3.05, 3.63) is 65.3 Å². The number of likely N-dealkylation sites (tertiary alicyclic amines) is 1. The van der Waals surface area contributed by atoms with Crippen molar-refractivity contribution in [3.8, 4) is 5.75 Å². The number of aromatic nitrogens is 3. The van der Waals surface area contributed by atoms with Gasteiger partial charge in [-0.05, 0) is 48.9 Å². The second-order valence-electron chi connectivity index (χ2n) is 11.6. The molecule has 43 heavy (non-hydrogen) atoms. The van der Waals surface area contributed by atoms with Crippen LogP contribution in [0.15, 0.2) is 41.5 Å². The highest BCUT2D eigenvalue weighted by molar-refractivity contribution is 5.92. The molecule has 0 aliphatic carbocycles. The monoisotopic (exact) mass is 591 g/mol. The van der Waals surface area contributed by atoms with E-state index in [2.05, 4.69) is 43.5 Å². The number of amides is 2. The summed E-state index contributed by atoms with van der Waals surface area (Å²) in [6, 6.07) is 5.85. The Bertz CT molecular complexity index is 1390. The zero-order chi connectivity index (χ0) is 30.3. The van der Waals surface area contributed by atoms with Crippen LogP contribution in [0.2, 0.25) is 0 Å². The van der Waals surface area contributed by atoms with Crippen molar-refractivity contribution in [1.29, 1.82) is 0 Å². The van der Waals surface area contributed by atoms with Gasteiger partial charge < -0.3 is 29.8 Å². The number of β-amino-alcohol motifs (C(OH)–C–C–N with tert-alkyl or cyclic N) is 1. The first-order valence-corrected chi connectivity index (χ1v) is 14.9. The number of piperidine rings is 1. The van der Waals surface area contributed by atoms with Crippen molar-refractivity contribution >= 4 is 17.6 Å². The minimum atomic E-state index is -0.728. The van der Waals surface area contributed by atoms with Crippen molar-refractivity contribution in [2.45, 2.75) is 65.3 Å². The number of anilines is 1. The fraction of sp³-hybridized carbons (Fsp3) is 0.516. The Morgan fingerprint density at radius 2 is 2.00 bits per heavy atom. The van der Waals surface area contributed by atoms with Crippen LogP contribution in [0.4, 0.5) is 5.82 Å². The summed E-state index contributed by atoms with van der Waals surface area (Å²) in [5.74, 6) is 1.90. The number of hydrogen-bond donors (Lipinski definition) is 3. The van der Waals surface area contributed by atoms with Crippen LogP contribution in [0.25, 0.3) is 0 Å². The van der Waals surface area contributed by atoms with Gasteiger partial charge in [0.2, 0.25) is 5.91 Å². The lowest BCUT2D eigenvalue weighted by atomic mass is 9.94. The number of ether oxygens (including phenoxy) is 1. The molecule has 0 saturated carbocycles. The van der Waals surface area contributed by atoms with Gasteiger partial charge in [-0.15, -0.1) is 0 Å². The molecule has 12 nitrogen and oxygen atoms in total. The predicted octanol–water partition coefficient (Wildman–Crippen LogP) is 2.56. The van der Waals surface area contributed by atoms with Gasteiger partial charge >= 0.3 is 0 Å². The van der Waals surface area contributed by atoms with Crippen LogP contribution in [0.3, 0.4) is 0 Å². The van der Waals surface area contributed by atoms with E-state index >= 15 is 0 Å². The lowest BCUT2D eigenvalue weighted by molar-refractivity contribution is -0.135. The smallest absolute Gasteiger partial charge is 0.270 e. The first-order chi connectivity index (χ1) is 20.8. The van der Waals surface area contributed by atoms with E-state index in [-0.39, 0.29) is 36.0 Å². The minimum absolute atomic E-state index is 0.00167. The van der Waals surface area contributed by atoms with Crippen LogP contribution in [0, 0.1) is 12.8 Å². The Hall–Kier alpha value is -4.03. The van der Waals surface area contributed by atoms with E-state index in [0.29, 0.717) is 37.8 Å². The molecule has 2 aromatic heterocycles. The largest absolute Gasteiger partial charge is 0.485 e. The first kappa shape index (κ1) is 30.4. The van der Waals surface area contributed by atoms with Crippen LogP contribution in [0.5, 0.6) is 5.75 Å². The quantitative estimate of drug-likeness (QED) is 0.304. The summed E-state index contributed by atoms with van der Waals surface area (Å²) in [6.45, 7) is 9.72. The summed E-state index contributed by atoms with van der Waals surface area (Å²) in [5, 5.41) is 16.9. The highest BCUT2D eigenvalue weighted by Crippen LogP contribution is 2.30. The van der Waals surface area contributed by atoms with Crippen LogP contribution in [0.1, 0.15) is 59.6 Å². The molecule has 2 amide bonds. The summed E-state index contributed by atoms with van der Waals surface area (Å²) in [5.41, 5.74) is 3.85. The summed E-state index contributed by atoms with van der Waals surface area (Å²) >= 11 is 0. The molecule has 0 radical (unpaired) electrons. The number of oxazole rings is 1. The van der Waals surface area contributed by atoms with Crippen LogP contribution in [-0.2, 0) is 24.4 Å². The van der Waals surface area contributed by atoms with Gasteiger partial charge in [-0.3, -0.25) is 14.5 Å². The van der Waals surface area contributed by atoms with Gasteiger partial charge in [0.25, 0.3) is 5.91 Å². The van der Waals surface area contributed by atoms with Crippen LogP contribution >= 0.6 is 0 Å². The second-order valence-corrected chi connectivity index (χ2v) is 11.6. The van der Waals surface area contributed by atoms with Crippen molar-refractivity contribution in [2.75, 3.05) is 38.0 Å². The lowest BCUT2D eigenvalue weighted by Crippen LogP contribution is -2.44. The van der Waals surface area contributed by atoms with Gasteiger partial charge in [0.05, 0.1) is 12.3 Å². The van der Waals surface area contributed by atoms with Gasteiger partial charge in [0, 0.05) is 57.3 Å². The molecular weight excluding hydrogens is 550 g/mol. The molecular formula is C31H41N7O5. The number of carbonyl (C=O) groups is 2. The molecule has 3 N–H and O–H groups in total. The maximum Gasteiger partial charge on any atom is 0.270 e. The SMILES string of the molecule is Cc1c(OCc2cnco2)ccc2c1CCN(C[C@@H](O)CNC(=O)c1cc(NC3CCN(C(=O)C(C)C)CC3)ncn1)C2. The van der Waals surface area contributed by atoms with E-state index in [0.717, 1.165) is 43.7 Å². The predicted molar refractivity (Wildman–Crippen MR) is 159 cm³/mol. The average molecular weight is 592 g/mol. The fourth-order valence-corrected chi connectivity index (χ4v) is 5.69. The van der Waals surface area contributed by atoms with Gasteiger partial charge in [0.1, 0.15) is 30.2 Å². The highest BCUT2D eigenvalue weighted by Gasteiger charge is 2.25. The van der Waals surface area contributed by atoms with Gasteiger partial charge in [-0.1, -0.05) is 19.9 Å². The van der Waals surface area contributed by atoms with E-state index in [1.807, 2.05) is 24.8 Å². The molecule has 3 aromatic rings. The third-order valence-electron chi connectivity index (χ3n) is 8.09. The molecule has 0 bridgehead atoms. The molecule has 5 rings (SSSR count). The first-order valence-electron chi connectivity index (χ1n) is 14.9. The molecule has 1 saturated heterocycles. The Morgan fingerprint density at radius 3 is 2.74 bits per heavy atom. The number of nitrogens with zero attached hydrogens (tertiary/aromatic N) is 5. The third kappa shape index (κ3) is 7.88. The fourth-order valence-electron chi connectivity index (χ4n) is 5.69. The Balaban J connectivity index is 1.06. The normalized spacial score (nSPS) is 16.5. The molecule has 230 valence electrons. The molecule has 2 aliphatic heterocycles. The van der Waals surface area contributed by atoms with Crippen LogP contribution < -0.4 is 15.4 Å². The Kier molecular flexibility index (Phi) is 9.88. The number of fused-ring (bicyclic) bond motifs is 1. The number of nitrogens with one attached hydrogen (secondary N) is 2. The molecule has 0 spiro atoms. The van der Waals surface area contributed by atoms with Crippen molar-refractivity contribution < 1.29 is 23.8 Å². The van der Waals surface area contributed by atoms with Crippen molar-refractivity contribution in [1.82, 2.24) is 30.1 Å². The van der Waals surface area contributed by atoms with E-state index < -0.39 is 6.10 Å². The molecule has 1 aromatic carbocycles. The molecule has 2 aliphatic rings. The highest BCUT2D eigenvalue weighted by atomic mass is 16.5. The van der Waals surface area contributed by atoms with E-state index in [9.17, 15) is 14.7 Å². The standard InChI is InChI=1S/C31H41N7O5/c1-20(2)31(41)38-10-6-23(7-11-38)36-29-12-27(34-18-35-29)30(40)33-13-24(39)16-37-9-8-26-21(3)28(5-4-22(26)15-37)42-17-25-14-32-19-43-25/h4-5,12,14,18-20,23-24,39H,6-11,13,15-17H2,1-3H3,(H,33,40)(H,34,35,36)/t24-/m0/s1. The lowest BCUT2D eigenvalue weighted by Gasteiger charge is -2.33. The number of hydrogen-bond acceptors (Lipinski definition) is 10. The molecule has 1 fully saturated rings. The topological polar surface area (TPSA) is 146 Å². The summed E-state index contributed by atoms with van der Waals surface area (Å²) in [6.07, 6.45) is 6.15. The molecule has 1 atom stereocenters. The van der Waals surface area contributed by atoms with Crippen molar-refractivity contribution in [3.63, 3.8) is 0 Å². The van der Waals surface area contributed by atoms with E-state index in [1.165, 1.54) is 23.8 Å². The zero-order valence-corrected chi connectivity index (χ0v) is 25.1. The van der Waals surface area contributed by atoms with E-state index in [1.54, 1.807) is 12.3 Å². The van der Waals surface area contributed by atoms with Gasteiger partial charge in [-0.2, -0.15) is 0 Å². The molecule has 12 heteroatoms. The minimum Gasteiger partial charge on any atom is -0.485 e. The summed E-state index contributed by atoms with van der Waals surface area (Å²) < 4.78 is 11.2. The number of rotatable bonds is 11. The number of aliphatic hydroxyl groups is 1.